The Bertz CT molecular complexity index is 427. The third kappa shape index (κ3) is 3.91. The number of hydrogen-bond donors (Lipinski definition) is 1. The van der Waals surface area contributed by atoms with Crippen LogP contribution in [0.15, 0.2) is 65.6 Å². The summed E-state index contributed by atoms with van der Waals surface area (Å²) in [7, 11) is 0. The van der Waals surface area contributed by atoms with E-state index in [-0.39, 0.29) is 6.04 Å². The standard InChI is InChI=1S/C15H17NS/c16-15(13-7-3-1-4-8-13)11-12-17-14-9-5-2-6-10-14/h1-10,15H,11-12,16H2/t15-/m1/s1. The molecule has 0 fully saturated rings. The monoisotopic (exact) mass is 243 g/mol. The second-order valence-corrected chi connectivity index (χ2v) is 5.14. The average Bonchev–Trinajstić information content (AvgIpc) is 2.41. The minimum absolute atomic E-state index is 0.146. The van der Waals surface area contributed by atoms with E-state index in [9.17, 15) is 0 Å². The predicted octanol–water partition coefficient (Wildman–Crippen LogP) is 3.87. The molecule has 0 radical (unpaired) electrons. The lowest BCUT2D eigenvalue weighted by Gasteiger charge is -2.11. The second-order valence-electron chi connectivity index (χ2n) is 3.97. The largest absolute Gasteiger partial charge is 0.324 e. The van der Waals surface area contributed by atoms with Crippen molar-refractivity contribution in [1.29, 1.82) is 0 Å². The Morgan fingerprint density at radius 2 is 1.47 bits per heavy atom. The van der Waals surface area contributed by atoms with E-state index in [1.807, 2.05) is 36.0 Å². The summed E-state index contributed by atoms with van der Waals surface area (Å²) in [4.78, 5) is 1.31. The molecule has 2 aromatic rings. The first-order valence-electron chi connectivity index (χ1n) is 5.84. The van der Waals surface area contributed by atoms with Crippen molar-refractivity contribution in [1.82, 2.24) is 0 Å². The van der Waals surface area contributed by atoms with Gasteiger partial charge in [0.15, 0.2) is 0 Å². The summed E-state index contributed by atoms with van der Waals surface area (Å²) in [5, 5.41) is 0. The highest BCUT2D eigenvalue weighted by Crippen LogP contribution is 2.22. The molecule has 0 bridgehead atoms. The SMILES string of the molecule is N[C@H](CCSc1ccccc1)c1ccccc1. The van der Waals surface area contributed by atoms with Crippen LogP contribution in [0, 0.1) is 0 Å². The average molecular weight is 243 g/mol. The lowest BCUT2D eigenvalue weighted by molar-refractivity contribution is 0.705. The van der Waals surface area contributed by atoms with Gasteiger partial charge in [-0.1, -0.05) is 48.5 Å². The second kappa shape index (κ2) is 6.48. The quantitative estimate of drug-likeness (QED) is 0.807. The highest BCUT2D eigenvalue weighted by atomic mass is 32.2. The molecule has 88 valence electrons. The third-order valence-electron chi connectivity index (χ3n) is 2.67. The Morgan fingerprint density at radius 1 is 0.882 bits per heavy atom. The first-order chi connectivity index (χ1) is 8.36. The number of benzene rings is 2. The molecule has 0 amide bonds. The minimum atomic E-state index is 0.146. The van der Waals surface area contributed by atoms with Gasteiger partial charge in [-0.25, -0.2) is 0 Å². The van der Waals surface area contributed by atoms with Gasteiger partial charge in [0.1, 0.15) is 0 Å². The van der Waals surface area contributed by atoms with Crippen LogP contribution in [0.25, 0.3) is 0 Å². The Balaban J connectivity index is 1.79. The molecule has 2 heteroatoms. The topological polar surface area (TPSA) is 26.0 Å². The zero-order chi connectivity index (χ0) is 11.9. The molecule has 0 saturated heterocycles. The van der Waals surface area contributed by atoms with Gasteiger partial charge in [0, 0.05) is 10.9 Å². The van der Waals surface area contributed by atoms with E-state index in [1.165, 1.54) is 10.5 Å². The fourth-order valence-electron chi connectivity index (χ4n) is 1.69. The lowest BCUT2D eigenvalue weighted by atomic mass is 10.1. The van der Waals surface area contributed by atoms with Crippen molar-refractivity contribution in [2.75, 3.05) is 5.75 Å². The van der Waals surface area contributed by atoms with Crippen molar-refractivity contribution in [2.24, 2.45) is 5.73 Å². The summed E-state index contributed by atoms with van der Waals surface area (Å²) in [5.41, 5.74) is 7.37. The van der Waals surface area contributed by atoms with E-state index in [2.05, 4.69) is 36.4 Å². The van der Waals surface area contributed by atoms with E-state index in [1.54, 1.807) is 0 Å². The fraction of sp³-hybridized carbons (Fsp3) is 0.200. The summed E-state index contributed by atoms with van der Waals surface area (Å²) in [6.07, 6.45) is 1.00. The van der Waals surface area contributed by atoms with Crippen molar-refractivity contribution in [3.63, 3.8) is 0 Å². The molecule has 1 nitrogen and oxygen atoms in total. The maximum Gasteiger partial charge on any atom is 0.0302 e. The Labute approximate surface area is 107 Å². The molecule has 2 N–H and O–H groups in total. The maximum absolute atomic E-state index is 6.15. The number of rotatable bonds is 5. The normalized spacial score (nSPS) is 12.3. The third-order valence-corrected chi connectivity index (χ3v) is 3.71. The van der Waals surface area contributed by atoms with Crippen LogP contribution >= 0.6 is 11.8 Å². The maximum atomic E-state index is 6.15. The van der Waals surface area contributed by atoms with Gasteiger partial charge < -0.3 is 5.73 Å². The van der Waals surface area contributed by atoms with Gasteiger partial charge in [-0.05, 0) is 29.9 Å². The van der Waals surface area contributed by atoms with Crippen LogP contribution in [0.2, 0.25) is 0 Å². The van der Waals surface area contributed by atoms with Gasteiger partial charge in [0.05, 0.1) is 0 Å². The Hall–Kier alpha value is -1.25. The van der Waals surface area contributed by atoms with E-state index < -0.39 is 0 Å². The van der Waals surface area contributed by atoms with Gasteiger partial charge in [-0.15, -0.1) is 11.8 Å². The van der Waals surface area contributed by atoms with Crippen molar-refractivity contribution >= 4 is 11.8 Å². The molecule has 0 aliphatic carbocycles. The van der Waals surface area contributed by atoms with Crippen molar-refractivity contribution in [2.45, 2.75) is 17.4 Å². The molecule has 0 saturated carbocycles. The van der Waals surface area contributed by atoms with Gasteiger partial charge in [0.25, 0.3) is 0 Å². The molecule has 0 spiro atoms. The number of hydrogen-bond acceptors (Lipinski definition) is 2. The molecule has 0 unspecified atom stereocenters. The smallest absolute Gasteiger partial charge is 0.0302 e. The molecular formula is C15H17NS. The van der Waals surface area contributed by atoms with Crippen LogP contribution in [0.5, 0.6) is 0 Å². The summed E-state index contributed by atoms with van der Waals surface area (Å²) in [6, 6.07) is 20.9. The van der Waals surface area contributed by atoms with Crippen molar-refractivity contribution in [3.8, 4) is 0 Å². The predicted molar refractivity (Wildman–Crippen MR) is 75.2 cm³/mol. The highest BCUT2D eigenvalue weighted by Gasteiger charge is 2.04. The molecule has 17 heavy (non-hydrogen) atoms. The first kappa shape index (κ1) is 12.2. The zero-order valence-electron chi connectivity index (χ0n) is 9.75. The molecule has 2 aromatic carbocycles. The van der Waals surface area contributed by atoms with E-state index >= 15 is 0 Å². The highest BCUT2D eigenvalue weighted by molar-refractivity contribution is 7.99. The molecule has 1 atom stereocenters. The van der Waals surface area contributed by atoms with Gasteiger partial charge in [0.2, 0.25) is 0 Å². The van der Waals surface area contributed by atoms with Crippen LogP contribution in [-0.4, -0.2) is 5.75 Å². The van der Waals surface area contributed by atoms with Gasteiger partial charge in [-0.3, -0.25) is 0 Å². The summed E-state index contributed by atoms with van der Waals surface area (Å²) >= 11 is 1.86. The van der Waals surface area contributed by atoms with Gasteiger partial charge >= 0.3 is 0 Å². The fourth-order valence-corrected chi connectivity index (χ4v) is 2.64. The molecular weight excluding hydrogens is 226 g/mol. The van der Waals surface area contributed by atoms with Crippen molar-refractivity contribution in [3.05, 3.63) is 66.2 Å². The molecule has 0 aromatic heterocycles. The van der Waals surface area contributed by atoms with E-state index in [4.69, 9.17) is 5.73 Å². The van der Waals surface area contributed by atoms with Crippen LogP contribution in [0.1, 0.15) is 18.0 Å². The number of nitrogens with two attached hydrogens (primary N) is 1. The Kier molecular flexibility index (Phi) is 4.65. The van der Waals surface area contributed by atoms with Crippen LogP contribution in [0.3, 0.4) is 0 Å². The summed E-state index contributed by atoms with van der Waals surface area (Å²) in [5.74, 6) is 1.06. The zero-order valence-corrected chi connectivity index (χ0v) is 10.6. The molecule has 0 aliphatic heterocycles. The van der Waals surface area contributed by atoms with Crippen LogP contribution < -0.4 is 5.73 Å². The minimum Gasteiger partial charge on any atom is -0.324 e. The molecule has 0 aliphatic rings. The van der Waals surface area contributed by atoms with Gasteiger partial charge in [-0.2, -0.15) is 0 Å². The number of thioether (sulfide) groups is 1. The summed E-state index contributed by atoms with van der Waals surface area (Å²) < 4.78 is 0. The summed E-state index contributed by atoms with van der Waals surface area (Å²) in [6.45, 7) is 0. The van der Waals surface area contributed by atoms with Crippen LogP contribution in [-0.2, 0) is 0 Å². The molecule has 0 heterocycles. The Morgan fingerprint density at radius 3 is 2.12 bits per heavy atom. The molecule has 2 rings (SSSR count). The van der Waals surface area contributed by atoms with Crippen LogP contribution in [0.4, 0.5) is 0 Å². The first-order valence-corrected chi connectivity index (χ1v) is 6.83. The van der Waals surface area contributed by atoms with E-state index in [0.29, 0.717) is 0 Å². The van der Waals surface area contributed by atoms with E-state index in [0.717, 1.165) is 12.2 Å². The van der Waals surface area contributed by atoms with Crippen molar-refractivity contribution < 1.29 is 0 Å². The lowest BCUT2D eigenvalue weighted by Crippen LogP contribution is -2.10.